The minimum atomic E-state index is -0.0110. The van der Waals surface area contributed by atoms with E-state index >= 15 is 0 Å². The molecule has 3 heteroatoms. The summed E-state index contributed by atoms with van der Waals surface area (Å²) in [6.45, 7) is 0.569. The van der Waals surface area contributed by atoms with Crippen LogP contribution in [0.3, 0.4) is 0 Å². The smallest absolute Gasteiger partial charge is 0.0655 e. The van der Waals surface area contributed by atoms with Gasteiger partial charge in [0.2, 0.25) is 0 Å². The lowest BCUT2D eigenvalue weighted by Gasteiger charge is -2.11. The van der Waals surface area contributed by atoms with Crippen molar-refractivity contribution in [2.24, 2.45) is 5.73 Å². The van der Waals surface area contributed by atoms with Crippen molar-refractivity contribution in [1.82, 2.24) is 0 Å². The summed E-state index contributed by atoms with van der Waals surface area (Å²) < 4.78 is 6.18. The SMILES string of the molecule is COCC(N)c1ccccc1I. The van der Waals surface area contributed by atoms with Gasteiger partial charge in [-0.05, 0) is 34.2 Å². The van der Waals surface area contributed by atoms with Crippen molar-refractivity contribution in [2.75, 3.05) is 13.7 Å². The van der Waals surface area contributed by atoms with E-state index in [-0.39, 0.29) is 6.04 Å². The van der Waals surface area contributed by atoms with E-state index in [9.17, 15) is 0 Å². The van der Waals surface area contributed by atoms with E-state index < -0.39 is 0 Å². The summed E-state index contributed by atoms with van der Waals surface area (Å²) in [6.07, 6.45) is 0. The maximum Gasteiger partial charge on any atom is 0.0655 e. The van der Waals surface area contributed by atoms with Gasteiger partial charge in [0.1, 0.15) is 0 Å². The third-order valence-electron chi connectivity index (χ3n) is 1.65. The molecule has 0 saturated carbocycles. The fourth-order valence-corrected chi connectivity index (χ4v) is 1.83. The van der Waals surface area contributed by atoms with Crippen molar-refractivity contribution >= 4 is 22.6 Å². The third-order valence-corrected chi connectivity index (χ3v) is 2.63. The van der Waals surface area contributed by atoms with Crippen LogP contribution in [0.4, 0.5) is 0 Å². The zero-order valence-corrected chi connectivity index (χ0v) is 9.11. The van der Waals surface area contributed by atoms with E-state index in [4.69, 9.17) is 10.5 Å². The first kappa shape index (κ1) is 9.95. The number of hydrogen-bond donors (Lipinski definition) is 1. The van der Waals surface area contributed by atoms with E-state index in [1.165, 1.54) is 3.57 Å². The van der Waals surface area contributed by atoms with Gasteiger partial charge in [-0.15, -0.1) is 0 Å². The third kappa shape index (κ3) is 2.43. The van der Waals surface area contributed by atoms with Crippen LogP contribution in [0.2, 0.25) is 0 Å². The highest BCUT2D eigenvalue weighted by molar-refractivity contribution is 14.1. The number of halogens is 1. The Balaban J connectivity index is 2.79. The number of methoxy groups -OCH3 is 1. The maximum atomic E-state index is 5.88. The second kappa shape index (κ2) is 4.79. The summed E-state index contributed by atoms with van der Waals surface area (Å²) in [6, 6.07) is 8.07. The quantitative estimate of drug-likeness (QED) is 0.857. The molecule has 0 aliphatic heterocycles. The topological polar surface area (TPSA) is 35.2 Å². The summed E-state index contributed by atoms with van der Waals surface area (Å²) in [5.41, 5.74) is 7.03. The molecule has 1 aromatic rings. The van der Waals surface area contributed by atoms with Crippen molar-refractivity contribution in [1.29, 1.82) is 0 Å². The molecule has 1 atom stereocenters. The van der Waals surface area contributed by atoms with Crippen molar-refractivity contribution in [3.8, 4) is 0 Å². The van der Waals surface area contributed by atoms with Crippen LogP contribution in [0.5, 0.6) is 0 Å². The molecule has 12 heavy (non-hydrogen) atoms. The molecule has 0 heterocycles. The minimum absolute atomic E-state index is 0.0110. The van der Waals surface area contributed by atoms with Crippen LogP contribution in [0, 0.1) is 3.57 Å². The van der Waals surface area contributed by atoms with Crippen LogP contribution >= 0.6 is 22.6 Å². The Morgan fingerprint density at radius 1 is 1.50 bits per heavy atom. The zero-order valence-electron chi connectivity index (χ0n) is 6.96. The van der Waals surface area contributed by atoms with Gasteiger partial charge in [-0.3, -0.25) is 0 Å². The molecule has 0 amide bonds. The van der Waals surface area contributed by atoms with Crippen molar-refractivity contribution in [2.45, 2.75) is 6.04 Å². The lowest BCUT2D eigenvalue weighted by atomic mass is 10.1. The summed E-state index contributed by atoms with van der Waals surface area (Å²) >= 11 is 2.28. The standard InChI is InChI=1S/C9H12INO/c1-12-6-9(11)7-4-2-3-5-8(7)10/h2-5,9H,6,11H2,1H3. The normalized spacial score (nSPS) is 12.9. The van der Waals surface area contributed by atoms with Gasteiger partial charge < -0.3 is 10.5 Å². The first-order chi connectivity index (χ1) is 5.75. The van der Waals surface area contributed by atoms with Crippen LogP contribution in [0.1, 0.15) is 11.6 Å². The Labute approximate surface area is 86.2 Å². The second-order valence-electron chi connectivity index (χ2n) is 2.58. The van der Waals surface area contributed by atoms with E-state index in [1.54, 1.807) is 7.11 Å². The summed E-state index contributed by atoms with van der Waals surface area (Å²) in [7, 11) is 1.66. The van der Waals surface area contributed by atoms with E-state index in [2.05, 4.69) is 22.6 Å². The maximum absolute atomic E-state index is 5.88. The first-order valence-electron chi connectivity index (χ1n) is 3.74. The molecule has 0 aliphatic rings. The predicted molar refractivity (Wildman–Crippen MR) is 58.0 cm³/mol. The Hall–Kier alpha value is -0.130. The van der Waals surface area contributed by atoms with Crippen LogP contribution in [-0.2, 0) is 4.74 Å². The zero-order chi connectivity index (χ0) is 8.97. The van der Waals surface area contributed by atoms with Gasteiger partial charge in [0.15, 0.2) is 0 Å². The van der Waals surface area contributed by atoms with Gasteiger partial charge in [0.05, 0.1) is 12.6 Å². The predicted octanol–water partition coefficient (Wildman–Crippen LogP) is 1.94. The Bertz CT molecular complexity index is 252. The van der Waals surface area contributed by atoms with Crippen LogP contribution in [0.25, 0.3) is 0 Å². The first-order valence-corrected chi connectivity index (χ1v) is 4.82. The second-order valence-corrected chi connectivity index (χ2v) is 3.75. The van der Waals surface area contributed by atoms with Gasteiger partial charge in [-0.2, -0.15) is 0 Å². The number of hydrogen-bond acceptors (Lipinski definition) is 2. The Kier molecular flexibility index (Phi) is 3.97. The number of benzene rings is 1. The lowest BCUT2D eigenvalue weighted by molar-refractivity contribution is 0.180. The monoisotopic (exact) mass is 277 g/mol. The lowest BCUT2D eigenvalue weighted by Crippen LogP contribution is -2.17. The molecule has 0 saturated heterocycles. The molecule has 66 valence electrons. The minimum Gasteiger partial charge on any atom is -0.383 e. The molecule has 1 rings (SSSR count). The molecule has 0 spiro atoms. The van der Waals surface area contributed by atoms with E-state index in [1.807, 2.05) is 24.3 Å². The largest absolute Gasteiger partial charge is 0.383 e. The van der Waals surface area contributed by atoms with Crippen LogP contribution in [-0.4, -0.2) is 13.7 Å². The number of rotatable bonds is 3. The Morgan fingerprint density at radius 3 is 2.75 bits per heavy atom. The number of ether oxygens (including phenoxy) is 1. The molecule has 1 aromatic carbocycles. The van der Waals surface area contributed by atoms with E-state index in [0.717, 1.165) is 5.56 Å². The van der Waals surface area contributed by atoms with Crippen molar-refractivity contribution in [3.63, 3.8) is 0 Å². The van der Waals surface area contributed by atoms with Gasteiger partial charge in [0.25, 0.3) is 0 Å². The molecular weight excluding hydrogens is 265 g/mol. The van der Waals surface area contributed by atoms with Gasteiger partial charge in [0, 0.05) is 10.7 Å². The van der Waals surface area contributed by atoms with Gasteiger partial charge in [-0.25, -0.2) is 0 Å². The molecule has 1 unspecified atom stereocenters. The average Bonchev–Trinajstić information content (AvgIpc) is 2.05. The molecule has 0 aromatic heterocycles. The molecule has 2 nitrogen and oxygen atoms in total. The van der Waals surface area contributed by atoms with Crippen LogP contribution < -0.4 is 5.73 Å². The highest BCUT2D eigenvalue weighted by atomic mass is 127. The fraction of sp³-hybridized carbons (Fsp3) is 0.333. The summed E-state index contributed by atoms with van der Waals surface area (Å²) in [5, 5.41) is 0. The summed E-state index contributed by atoms with van der Waals surface area (Å²) in [4.78, 5) is 0. The van der Waals surface area contributed by atoms with Gasteiger partial charge in [-0.1, -0.05) is 18.2 Å². The van der Waals surface area contributed by atoms with Crippen LogP contribution in [0.15, 0.2) is 24.3 Å². The molecule has 0 radical (unpaired) electrons. The average molecular weight is 277 g/mol. The number of nitrogens with two attached hydrogens (primary N) is 1. The highest BCUT2D eigenvalue weighted by Crippen LogP contribution is 2.17. The molecular formula is C9H12INO. The van der Waals surface area contributed by atoms with E-state index in [0.29, 0.717) is 6.61 Å². The fourth-order valence-electron chi connectivity index (χ4n) is 1.05. The van der Waals surface area contributed by atoms with Crippen molar-refractivity contribution in [3.05, 3.63) is 33.4 Å². The molecule has 2 N–H and O–H groups in total. The Morgan fingerprint density at radius 2 is 2.17 bits per heavy atom. The highest BCUT2D eigenvalue weighted by Gasteiger charge is 2.07. The molecule has 0 fully saturated rings. The summed E-state index contributed by atoms with van der Waals surface area (Å²) in [5.74, 6) is 0. The molecule has 0 aliphatic carbocycles. The van der Waals surface area contributed by atoms with Gasteiger partial charge >= 0.3 is 0 Å². The van der Waals surface area contributed by atoms with Crippen molar-refractivity contribution < 1.29 is 4.74 Å². The molecule has 0 bridgehead atoms.